The van der Waals surface area contributed by atoms with Crippen molar-refractivity contribution < 1.29 is 13.2 Å². The quantitative estimate of drug-likeness (QED) is 0.936. The highest BCUT2D eigenvalue weighted by Gasteiger charge is 2.21. The third kappa shape index (κ3) is 2.82. The van der Waals surface area contributed by atoms with Gasteiger partial charge in [-0.3, -0.25) is 9.40 Å². The predicted molar refractivity (Wildman–Crippen MR) is 72.0 cm³/mol. The van der Waals surface area contributed by atoms with Crippen molar-refractivity contribution in [2.45, 2.75) is 4.90 Å². The highest BCUT2D eigenvalue weighted by Crippen LogP contribution is 2.28. The summed E-state index contributed by atoms with van der Waals surface area (Å²) in [5.41, 5.74) is 0. The number of halogens is 1. The van der Waals surface area contributed by atoms with Crippen LogP contribution in [0.1, 0.15) is 0 Å². The van der Waals surface area contributed by atoms with E-state index in [1.165, 1.54) is 30.1 Å². The summed E-state index contributed by atoms with van der Waals surface area (Å²) in [7, 11) is -0.764. The minimum absolute atomic E-state index is 0.0244. The van der Waals surface area contributed by atoms with Crippen molar-refractivity contribution in [2.24, 2.45) is 7.05 Å². The van der Waals surface area contributed by atoms with Gasteiger partial charge in [0.15, 0.2) is 0 Å². The van der Waals surface area contributed by atoms with E-state index in [-0.39, 0.29) is 10.6 Å². The van der Waals surface area contributed by atoms with Gasteiger partial charge < -0.3 is 4.74 Å². The first kappa shape index (κ1) is 13.7. The monoisotopic (exact) mass is 301 g/mol. The van der Waals surface area contributed by atoms with E-state index in [1.807, 2.05) is 0 Å². The van der Waals surface area contributed by atoms with Crippen LogP contribution < -0.4 is 9.46 Å². The summed E-state index contributed by atoms with van der Waals surface area (Å²) < 4.78 is 33.5. The lowest BCUT2D eigenvalue weighted by Gasteiger charge is -2.11. The largest absolute Gasteiger partial charge is 0.495 e. The molecule has 1 N–H and O–H groups in total. The Kier molecular flexibility index (Phi) is 3.68. The molecule has 0 aliphatic carbocycles. The smallest absolute Gasteiger partial charge is 0.266 e. The van der Waals surface area contributed by atoms with Crippen LogP contribution in [0.15, 0.2) is 35.4 Å². The number of sulfonamides is 1. The zero-order valence-corrected chi connectivity index (χ0v) is 11.9. The fourth-order valence-electron chi connectivity index (χ4n) is 1.53. The lowest BCUT2D eigenvalue weighted by atomic mass is 10.3. The number of aromatic nitrogens is 2. The van der Waals surface area contributed by atoms with Crippen LogP contribution in [0.2, 0.25) is 5.02 Å². The molecular formula is C11H12ClN3O3S. The molecule has 1 aromatic carbocycles. The number of methoxy groups -OCH3 is 1. The minimum Gasteiger partial charge on any atom is -0.495 e. The van der Waals surface area contributed by atoms with Crippen LogP contribution in [0.4, 0.5) is 5.82 Å². The van der Waals surface area contributed by atoms with E-state index in [0.717, 1.165) is 0 Å². The summed E-state index contributed by atoms with van der Waals surface area (Å²) in [5, 5.41) is 4.20. The Morgan fingerprint density at radius 1 is 1.37 bits per heavy atom. The van der Waals surface area contributed by atoms with Gasteiger partial charge in [-0.15, -0.1) is 0 Å². The molecule has 0 spiro atoms. The molecule has 0 aliphatic heterocycles. The van der Waals surface area contributed by atoms with Gasteiger partial charge in [0.2, 0.25) is 0 Å². The Hall–Kier alpha value is -1.73. The van der Waals surface area contributed by atoms with Crippen LogP contribution in [-0.2, 0) is 17.1 Å². The summed E-state index contributed by atoms with van der Waals surface area (Å²) in [6.45, 7) is 0. The van der Waals surface area contributed by atoms with Crippen molar-refractivity contribution in [2.75, 3.05) is 11.8 Å². The Labute approximate surface area is 116 Å². The maximum atomic E-state index is 12.3. The molecule has 1 aromatic heterocycles. The van der Waals surface area contributed by atoms with Crippen molar-refractivity contribution >= 4 is 27.4 Å². The lowest BCUT2D eigenvalue weighted by Crippen LogP contribution is -2.16. The normalized spacial score (nSPS) is 11.3. The van der Waals surface area contributed by atoms with Gasteiger partial charge in [0, 0.05) is 18.1 Å². The van der Waals surface area contributed by atoms with Gasteiger partial charge in [0.25, 0.3) is 10.0 Å². The van der Waals surface area contributed by atoms with Gasteiger partial charge in [-0.05, 0) is 18.2 Å². The molecule has 102 valence electrons. The second-order valence-corrected chi connectivity index (χ2v) is 5.83. The molecule has 0 aliphatic rings. The van der Waals surface area contributed by atoms with Crippen LogP contribution >= 0.6 is 11.6 Å². The summed E-state index contributed by atoms with van der Waals surface area (Å²) in [6, 6.07) is 5.94. The van der Waals surface area contributed by atoms with Gasteiger partial charge in [-0.25, -0.2) is 8.42 Å². The molecule has 1 heterocycles. The number of nitrogens with one attached hydrogen (secondary N) is 1. The maximum Gasteiger partial charge on any atom is 0.266 e. The topological polar surface area (TPSA) is 73.2 Å². The van der Waals surface area contributed by atoms with E-state index in [9.17, 15) is 8.42 Å². The van der Waals surface area contributed by atoms with Crippen molar-refractivity contribution in [3.8, 4) is 5.75 Å². The maximum absolute atomic E-state index is 12.3. The Balaban J connectivity index is 2.45. The van der Waals surface area contributed by atoms with E-state index >= 15 is 0 Å². The highest BCUT2D eigenvalue weighted by molar-refractivity contribution is 7.92. The average Bonchev–Trinajstić information content (AvgIpc) is 2.74. The summed E-state index contributed by atoms with van der Waals surface area (Å²) in [6.07, 6.45) is 1.49. The van der Waals surface area contributed by atoms with Crippen LogP contribution in [0, 0.1) is 0 Å². The molecule has 2 aromatic rings. The zero-order valence-electron chi connectivity index (χ0n) is 10.3. The Morgan fingerprint density at radius 2 is 2.11 bits per heavy atom. The molecule has 8 heteroatoms. The molecule has 0 amide bonds. The van der Waals surface area contributed by atoms with Crippen molar-refractivity contribution in [1.29, 1.82) is 0 Å². The van der Waals surface area contributed by atoms with Gasteiger partial charge in [0.05, 0.1) is 13.3 Å². The number of aryl methyl sites for hydroxylation is 1. The van der Waals surface area contributed by atoms with Gasteiger partial charge in [-0.1, -0.05) is 11.6 Å². The number of anilines is 1. The van der Waals surface area contributed by atoms with Crippen molar-refractivity contribution in [3.63, 3.8) is 0 Å². The third-order valence-electron chi connectivity index (χ3n) is 2.48. The van der Waals surface area contributed by atoms with Gasteiger partial charge in [0.1, 0.15) is 16.5 Å². The Bertz CT molecular complexity index is 697. The molecule has 0 unspecified atom stereocenters. The highest BCUT2D eigenvalue weighted by atomic mass is 35.5. The molecule has 2 rings (SSSR count). The fourth-order valence-corrected chi connectivity index (χ4v) is 3.05. The first-order valence-corrected chi connectivity index (χ1v) is 7.14. The molecule has 0 saturated carbocycles. The SMILES string of the molecule is COc1ccc(Cl)cc1S(=O)(=O)Nc1ccnn1C. The van der Waals surface area contributed by atoms with E-state index in [4.69, 9.17) is 16.3 Å². The molecule has 0 bridgehead atoms. The number of ether oxygens (including phenoxy) is 1. The van der Waals surface area contributed by atoms with Gasteiger partial charge in [-0.2, -0.15) is 5.10 Å². The number of nitrogens with zero attached hydrogens (tertiary/aromatic N) is 2. The van der Waals surface area contributed by atoms with E-state index in [1.54, 1.807) is 19.2 Å². The average molecular weight is 302 g/mol. The molecule has 0 fully saturated rings. The second-order valence-electron chi connectivity index (χ2n) is 3.74. The zero-order chi connectivity index (χ0) is 14.0. The number of rotatable bonds is 4. The van der Waals surface area contributed by atoms with Crippen LogP contribution in [-0.4, -0.2) is 25.3 Å². The molecule has 19 heavy (non-hydrogen) atoms. The summed E-state index contributed by atoms with van der Waals surface area (Å²) >= 11 is 5.83. The fraction of sp³-hybridized carbons (Fsp3) is 0.182. The molecule has 6 nitrogen and oxygen atoms in total. The standard InChI is InChI=1S/C11H12ClN3O3S/c1-15-11(5-6-13-15)14-19(16,17)10-7-8(12)3-4-9(10)18-2/h3-7,14H,1-2H3. The number of hydrogen-bond donors (Lipinski definition) is 1. The lowest BCUT2D eigenvalue weighted by molar-refractivity contribution is 0.403. The van der Waals surface area contributed by atoms with Gasteiger partial charge >= 0.3 is 0 Å². The van der Waals surface area contributed by atoms with Crippen LogP contribution in [0.25, 0.3) is 0 Å². The van der Waals surface area contributed by atoms with E-state index in [2.05, 4.69) is 9.82 Å². The number of benzene rings is 1. The van der Waals surface area contributed by atoms with E-state index in [0.29, 0.717) is 10.8 Å². The van der Waals surface area contributed by atoms with Crippen molar-refractivity contribution in [3.05, 3.63) is 35.5 Å². The number of hydrogen-bond acceptors (Lipinski definition) is 4. The summed E-state index contributed by atoms with van der Waals surface area (Å²) in [5.74, 6) is 0.570. The molecule has 0 radical (unpaired) electrons. The first-order valence-electron chi connectivity index (χ1n) is 5.28. The first-order chi connectivity index (χ1) is 8.94. The molecular weight excluding hydrogens is 290 g/mol. The van der Waals surface area contributed by atoms with Crippen molar-refractivity contribution in [1.82, 2.24) is 9.78 Å². The third-order valence-corrected chi connectivity index (χ3v) is 4.09. The minimum atomic E-state index is -3.79. The molecule has 0 atom stereocenters. The second kappa shape index (κ2) is 5.10. The van der Waals surface area contributed by atoms with E-state index < -0.39 is 10.0 Å². The van der Waals surface area contributed by atoms with Crippen LogP contribution in [0.3, 0.4) is 0 Å². The summed E-state index contributed by atoms with van der Waals surface area (Å²) in [4.78, 5) is -0.0244. The predicted octanol–water partition coefficient (Wildman–Crippen LogP) is 1.88. The molecule has 0 saturated heterocycles. The van der Waals surface area contributed by atoms with Crippen LogP contribution in [0.5, 0.6) is 5.75 Å². The Morgan fingerprint density at radius 3 is 2.68 bits per heavy atom.